The summed E-state index contributed by atoms with van der Waals surface area (Å²) in [6.07, 6.45) is 1.14. The highest BCUT2D eigenvalue weighted by Crippen LogP contribution is 2.16. The summed E-state index contributed by atoms with van der Waals surface area (Å²) >= 11 is 0. The molecule has 84 valence electrons. The molecule has 2 aromatic rings. The van der Waals surface area contributed by atoms with Gasteiger partial charge in [-0.3, -0.25) is 4.79 Å². The van der Waals surface area contributed by atoms with Crippen molar-refractivity contribution in [3.05, 3.63) is 48.0 Å². The van der Waals surface area contributed by atoms with E-state index in [2.05, 4.69) is 24.3 Å². The van der Waals surface area contributed by atoms with Gasteiger partial charge in [0, 0.05) is 6.42 Å². The van der Waals surface area contributed by atoms with Gasteiger partial charge in [0.05, 0.1) is 0 Å². The summed E-state index contributed by atoms with van der Waals surface area (Å²) in [5.74, 6) is -0.247. The molecule has 0 heterocycles. The summed E-state index contributed by atoms with van der Waals surface area (Å²) in [5.41, 5.74) is 6.27. The Balaban J connectivity index is 0.00000128. The molecule has 2 aromatic carbocycles. The number of primary amides is 1. The molecule has 0 bridgehead atoms. The van der Waals surface area contributed by atoms with Crippen molar-refractivity contribution in [1.82, 2.24) is 0 Å². The second kappa shape index (κ2) is 5.52. The van der Waals surface area contributed by atoms with Crippen molar-refractivity contribution in [3.63, 3.8) is 0 Å². The van der Waals surface area contributed by atoms with E-state index in [0.29, 0.717) is 6.42 Å². The van der Waals surface area contributed by atoms with Gasteiger partial charge in [0.25, 0.3) is 0 Å². The van der Waals surface area contributed by atoms with Crippen LogP contribution in [0.4, 0.5) is 0 Å². The van der Waals surface area contributed by atoms with Crippen LogP contribution in [0.25, 0.3) is 10.8 Å². The fourth-order valence-corrected chi connectivity index (χ4v) is 1.66. The topological polar surface area (TPSA) is 43.1 Å². The molecule has 0 saturated carbocycles. The van der Waals surface area contributed by atoms with Crippen LogP contribution >= 0.6 is 12.4 Å². The molecule has 0 aliphatic rings. The normalized spacial score (nSPS) is 9.75. The summed E-state index contributed by atoms with van der Waals surface area (Å²) in [6, 6.07) is 14.4. The van der Waals surface area contributed by atoms with E-state index in [0.717, 1.165) is 12.0 Å². The Morgan fingerprint density at radius 2 is 1.75 bits per heavy atom. The maximum atomic E-state index is 10.7. The first-order chi connectivity index (χ1) is 7.25. The maximum absolute atomic E-state index is 10.7. The molecule has 0 spiro atoms. The zero-order valence-corrected chi connectivity index (χ0v) is 9.67. The third-order valence-electron chi connectivity index (χ3n) is 2.47. The highest BCUT2D eigenvalue weighted by molar-refractivity contribution is 5.85. The third kappa shape index (κ3) is 2.97. The van der Waals surface area contributed by atoms with Crippen LogP contribution in [-0.2, 0) is 11.2 Å². The van der Waals surface area contributed by atoms with E-state index in [1.807, 2.05) is 18.2 Å². The van der Waals surface area contributed by atoms with Crippen LogP contribution in [0.5, 0.6) is 0 Å². The predicted octanol–water partition coefficient (Wildman–Crippen LogP) is 2.68. The quantitative estimate of drug-likeness (QED) is 0.873. The minimum Gasteiger partial charge on any atom is -0.370 e. The lowest BCUT2D eigenvalue weighted by Gasteiger charge is -2.02. The Kier molecular flexibility index (Phi) is 4.32. The fraction of sp³-hybridized carbons (Fsp3) is 0.154. The average molecular weight is 236 g/mol. The molecular weight excluding hydrogens is 222 g/mol. The Hall–Kier alpha value is -1.54. The summed E-state index contributed by atoms with van der Waals surface area (Å²) in [6.45, 7) is 0. The minimum atomic E-state index is -0.247. The molecule has 0 aliphatic heterocycles. The molecule has 0 atom stereocenters. The molecule has 0 saturated heterocycles. The van der Waals surface area contributed by atoms with Crippen molar-refractivity contribution < 1.29 is 4.79 Å². The first-order valence-corrected chi connectivity index (χ1v) is 5.02. The highest BCUT2D eigenvalue weighted by Gasteiger charge is 1.98. The number of benzene rings is 2. The number of carbonyl (C=O) groups excluding carboxylic acids is 1. The summed E-state index contributed by atoms with van der Waals surface area (Å²) in [4.78, 5) is 10.7. The zero-order valence-electron chi connectivity index (χ0n) is 8.85. The van der Waals surface area contributed by atoms with Gasteiger partial charge in [-0.25, -0.2) is 0 Å². The lowest BCUT2D eigenvalue weighted by atomic mass is 10.0. The molecule has 0 aliphatic carbocycles. The van der Waals surface area contributed by atoms with Gasteiger partial charge in [-0.05, 0) is 22.8 Å². The summed E-state index contributed by atoms with van der Waals surface area (Å²) in [5, 5.41) is 2.43. The van der Waals surface area contributed by atoms with E-state index in [1.165, 1.54) is 10.8 Å². The number of carbonyl (C=O) groups is 1. The molecule has 0 radical (unpaired) electrons. The lowest BCUT2D eigenvalue weighted by molar-refractivity contribution is -0.117. The summed E-state index contributed by atoms with van der Waals surface area (Å²) in [7, 11) is 0. The molecule has 0 unspecified atom stereocenters. The van der Waals surface area contributed by atoms with Crippen molar-refractivity contribution in [1.29, 1.82) is 0 Å². The molecule has 0 fully saturated rings. The van der Waals surface area contributed by atoms with Crippen LogP contribution in [0.3, 0.4) is 0 Å². The zero-order chi connectivity index (χ0) is 10.7. The number of nitrogens with two attached hydrogens (primary N) is 1. The molecule has 3 heteroatoms. The van der Waals surface area contributed by atoms with E-state index >= 15 is 0 Å². The number of halogens is 1. The van der Waals surface area contributed by atoms with Gasteiger partial charge in [0.1, 0.15) is 0 Å². The van der Waals surface area contributed by atoms with E-state index < -0.39 is 0 Å². The average Bonchev–Trinajstić information content (AvgIpc) is 2.26. The van der Waals surface area contributed by atoms with Crippen LogP contribution < -0.4 is 5.73 Å². The minimum absolute atomic E-state index is 0. The van der Waals surface area contributed by atoms with Crippen LogP contribution in [-0.4, -0.2) is 5.91 Å². The highest BCUT2D eigenvalue weighted by atomic mass is 35.5. The van der Waals surface area contributed by atoms with Gasteiger partial charge in [0.2, 0.25) is 5.91 Å². The lowest BCUT2D eigenvalue weighted by Crippen LogP contribution is -2.11. The van der Waals surface area contributed by atoms with Gasteiger partial charge < -0.3 is 5.73 Å². The summed E-state index contributed by atoms with van der Waals surface area (Å²) < 4.78 is 0. The third-order valence-corrected chi connectivity index (χ3v) is 2.47. The van der Waals surface area contributed by atoms with E-state index in [9.17, 15) is 4.79 Å². The Morgan fingerprint density at radius 1 is 1.06 bits per heavy atom. The molecule has 2 rings (SSSR count). The van der Waals surface area contributed by atoms with Gasteiger partial charge in [-0.15, -0.1) is 12.4 Å². The smallest absolute Gasteiger partial charge is 0.217 e. The first-order valence-electron chi connectivity index (χ1n) is 5.02. The van der Waals surface area contributed by atoms with Crippen molar-refractivity contribution in [3.8, 4) is 0 Å². The van der Waals surface area contributed by atoms with Crippen LogP contribution in [0, 0.1) is 0 Å². The molecule has 2 N–H and O–H groups in total. The van der Waals surface area contributed by atoms with Gasteiger partial charge in [-0.1, -0.05) is 42.5 Å². The maximum Gasteiger partial charge on any atom is 0.217 e. The van der Waals surface area contributed by atoms with Crippen LogP contribution in [0.15, 0.2) is 42.5 Å². The molecule has 1 amide bonds. The Labute approximate surface area is 101 Å². The molecular formula is C13H14ClNO. The van der Waals surface area contributed by atoms with Gasteiger partial charge in [-0.2, -0.15) is 0 Å². The Bertz CT molecular complexity index is 496. The van der Waals surface area contributed by atoms with Crippen molar-refractivity contribution in [2.75, 3.05) is 0 Å². The number of hydrogen-bond donors (Lipinski definition) is 1. The number of aryl methyl sites for hydroxylation is 1. The van der Waals surface area contributed by atoms with Crippen LogP contribution in [0.1, 0.15) is 12.0 Å². The molecule has 0 aromatic heterocycles. The van der Waals surface area contributed by atoms with E-state index in [-0.39, 0.29) is 18.3 Å². The SMILES string of the molecule is Cl.NC(=O)CCc1ccc2ccccc2c1. The fourth-order valence-electron chi connectivity index (χ4n) is 1.66. The second-order valence-electron chi connectivity index (χ2n) is 3.65. The van der Waals surface area contributed by atoms with Crippen LogP contribution in [0.2, 0.25) is 0 Å². The number of hydrogen-bond acceptors (Lipinski definition) is 1. The second-order valence-corrected chi connectivity index (χ2v) is 3.65. The van der Waals surface area contributed by atoms with E-state index in [1.54, 1.807) is 0 Å². The largest absolute Gasteiger partial charge is 0.370 e. The number of amides is 1. The van der Waals surface area contributed by atoms with Crippen molar-refractivity contribution >= 4 is 29.1 Å². The predicted molar refractivity (Wildman–Crippen MR) is 68.7 cm³/mol. The number of rotatable bonds is 3. The van der Waals surface area contributed by atoms with Crippen molar-refractivity contribution in [2.45, 2.75) is 12.8 Å². The van der Waals surface area contributed by atoms with Crippen molar-refractivity contribution in [2.24, 2.45) is 5.73 Å². The first kappa shape index (κ1) is 12.5. The number of fused-ring (bicyclic) bond motifs is 1. The monoisotopic (exact) mass is 235 g/mol. The standard InChI is InChI=1S/C13H13NO.ClH/c14-13(15)8-6-10-5-7-11-3-1-2-4-12(11)9-10;/h1-5,7,9H,6,8H2,(H2,14,15);1H. The van der Waals surface area contributed by atoms with Gasteiger partial charge in [0.15, 0.2) is 0 Å². The van der Waals surface area contributed by atoms with Gasteiger partial charge >= 0.3 is 0 Å². The molecule has 2 nitrogen and oxygen atoms in total. The molecule has 16 heavy (non-hydrogen) atoms. The van der Waals surface area contributed by atoms with E-state index in [4.69, 9.17) is 5.73 Å². The Morgan fingerprint density at radius 3 is 2.44 bits per heavy atom.